The molecule has 128 valence electrons. The number of hydrogen-bond donors (Lipinski definition) is 0. The van der Waals surface area contributed by atoms with E-state index in [1.54, 1.807) is 6.92 Å². The van der Waals surface area contributed by atoms with Gasteiger partial charge in [-0.1, -0.05) is 0 Å². The highest BCUT2D eigenvalue weighted by Gasteiger charge is 2.54. The minimum atomic E-state index is -1.80. The van der Waals surface area contributed by atoms with Crippen LogP contribution in [-0.4, -0.2) is 28.2 Å². The van der Waals surface area contributed by atoms with Crippen molar-refractivity contribution in [2.24, 2.45) is 0 Å². The Morgan fingerprint density at radius 3 is 2.38 bits per heavy atom. The lowest BCUT2D eigenvalue weighted by atomic mass is 9.77. The van der Waals surface area contributed by atoms with Crippen LogP contribution in [0.25, 0.3) is 0 Å². The van der Waals surface area contributed by atoms with Gasteiger partial charge in [-0.15, -0.1) is 0 Å². The van der Waals surface area contributed by atoms with Gasteiger partial charge in [0.05, 0.1) is 32.6 Å². The Bertz CT molecular complexity index is 749. The second-order valence-electron chi connectivity index (χ2n) is 5.24. The molecule has 0 aromatic heterocycles. The number of nitrogens with zero attached hydrogens (tertiary/aromatic N) is 2. The van der Waals surface area contributed by atoms with Gasteiger partial charge in [-0.05, 0) is 41.8 Å². The molecule has 0 spiro atoms. The largest absolute Gasteiger partial charge is 0.465 e. The number of rotatable bonds is 5. The van der Waals surface area contributed by atoms with E-state index in [-0.39, 0.29) is 29.5 Å². The van der Waals surface area contributed by atoms with Crippen LogP contribution in [0, 0.1) is 20.2 Å². The van der Waals surface area contributed by atoms with Gasteiger partial charge in [0.2, 0.25) is 0 Å². The van der Waals surface area contributed by atoms with Crippen molar-refractivity contribution >= 4 is 39.1 Å². The third-order valence-corrected chi connectivity index (χ3v) is 4.61. The molecule has 0 N–H and O–H groups in total. The van der Waals surface area contributed by atoms with Crippen LogP contribution in [0.1, 0.15) is 31.7 Å². The lowest BCUT2D eigenvalue weighted by molar-refractivity contribution is -0.395. The lowest BCUT2D eigenvalue weighted by Crippen LogP contribution is -2.42. The van der Waals surface area contributed by atoms with Gasteiger partial charge in [0.15, 0.2) is 11.2 Å². The molecule has 2 rings (SSSR count). The Morgan fingerprint density at radius 1 is 1.29 bits per heavy atom. The molecule has 1 aliphatic rings. The van der Waals surface area contributed by atoms with E-state index in [9.17, 15) is 29.8 Å². The molecular weight excluding hydrogens is 388 g/mol. The minimum absolute atomic E-state index is 0.00973. The van der Waals surface area contributed by atoms with Crippen LogP contribution >= 0.6 is 15.9 Å². The van der Waals surface area contributed by atoms with Crippen molar-refractivity contribution in [3.8, 4) is 0 Å². The summed E-state index contributed by atoms with van der Waals surface area (Å²) >= 11 is 2.98. The number of ether oxygens (including phenoxy) is 1. The van der Waals surface area contributed by atoms with E-state index in [0.29, 0.717) is 6.42 Å². The fraction of sp³-hybridized carbons (Fsp3) is 0.429. The molecule has 0 bridgehead atoms. The van der Waals surface area contributed by atoms with Crippen molar-refractivity contribution in [1.29, 1.82) is 0 Å². The molecule has 1 fully saturated rings. The van der Waals surface area contributed by atoms with Gasteiger partial charge >= 0.3 is 5.97 Å². The maximum absolute atomic E-state index is 12.5. The number of carbonyl (C=O) groups is 2. The van der Waals surface area contributed by atoms with Crippen molar-refractivity contribution in [3.05, 3.63) is 42.4 Å². The van der Waals surface area contributed by atoms with Crippen molar-refractivity contribution in [3.63, 3.8) is 0 Å². The second kappa shape index (κ2) is 6.63. The molecule has 1 aromatic rings. The van der Waals surface area contributed by atoms with E-state index in [1.807, 2.05) is 0 Å². The summed E-state index contributed by atoms with van der Waals surface area (Å²) in [5, 5.41) is 22.4. The van der Waals surface area contributed by atoms with Crippen LogP contribution in [0.4, 0.5) is 11.4 Å². The maximum Gasteiger partial charge on any atom is 0.324 e. The molecular formula is C14H13BrN2O7. The summed E-state index contributed by atoms with van der Waals surface area (Å²) in [5.41, 5.74) is -3.13. The normalized spacial score (nSPS) is 20.0. The molecule has 1 saturated carbocycles. The third kappa shape index (κ3) is 2.77. The maximum atomic E-state index is 12.5. The highest BCUT2D eigenvalue weighted by molar-refractivity contribution is 9.10. The zero-order valence-corrected chi connectivity index (χ0v) is 14.2. The molecule has 1 aromatic carbocycles. The van der Waals surface area contributed by atoms with Gasteiger partial charge in [-0.25, -0.2) is 0 Å². The van der Waals surface area contributed by atoms with E-state index >= 15 is 0 Å². The first-order valence-electron chi connectivity index (χ1n) is 7.09. The van der Waals surface area contributed by atoms with Crippen molar-refractivity contribution in [1.82, 2.24) is 0 Å². The Morgan fingerprint density at radius 2 is 1.92 bits per heavy atom. The fourth-order valence-corrected chi connectivity index (χ4v) is 3.40. The third-order valence-electron chi connectivity index (χ3n) is 3.97. The van der Waals surface area contributed by atoms with E-state index < -0.39 is 38.4 Å². The fourth-order valence-electron chi connectivity index (χ4n) is 2.92. The highest BCUT2D eigenvalue weighted by Crippen LogP contribution is 2.46. The van der Waals surface area contributed by atoms with E-state index in [0.717, 1.165) is 12.1 Å². The van der Waals surface area contributed by atoms with Gasteiger partial charge < -0.3 is 4.74 Å². The summed E-state index contributed by atoms with van der Waals surface area (Å²) in [6.07, 6.45) is 0.531. The standard InChI is InChI=1S/C14H13BrN2O7/c1-2-24-13(19)14(5-3-4-12(14)18)8-6-9(15)11(17(22)23)7-10(8)16(20)21/h6-7H,2-5H2,1H3/t14-/m0/s1. The van der Waals surface area contributed by atoms with Gasteiger partial charge in [-0.2, -0.15) is 0 Å². The average molecular weight is 401 g/mol. The van der Waals surface area contributed by atoms with Crippen molar-refractivity contribution in [2.75, 3.05) is 6.61 Å². The number of ketones is 1. The Labute approximate surface area is 144 Å². The molecule has 0 radical (unpaired) electrons. The number of esters is 1. The van der Waals surface area contributed by atoms with Gasteiger partial charge in [0.1, 0.15) is 0 Å². The number of halogens is 1. The summed E-state index contributed by atoms with van der Waals surface area (Å²) < 4.78 is 4.93. The van der Waals surface area contributed by atoms with Crippen LogP contribution in [0.3, 0.4) is 0 Å². The van der Waals surface area contributed by atoms with Crippen LogP contribution < -0.4 is 0 Å². The molecule has 0 amide bonds. The van der Waals surface area contributed by atoms with E-state index in [1.165, 1.54) is 0 Å². The smallest absolute Gasteiger partial charge is 0.324 e. The highest BCUT2D eigenvalue weighted by atomic mass is 79.9. The number of nitro benzene ring substituents is 2. The zero-order valence-electron chi connectivity index (χ0n) is 12.6. The first-order chi connectivity index (χ1) is 11.3. The Hall–Kier alpha value is -2.36. The molecule has 1 atom stereocenters. The van der Waals surface area contributed by atoms with Gasteiger partial charge in [0, 0.05) is 6.42 Å². The first kappa shape index (κ1) is 18.0. The minimum Gasteiger partial charge on any atom is -0.465 e. The van der Waals surface area contributed by atoms with Crippen LogP contribution in [0.2, 0.25) is 0 Å². The number of benzene rings is 1. The number of carbonyl (C=O) groups excluding carboxylic acids is 2. The molecule has 9 nitrogen and oxygen atoms in total. The Kier molecular flexibility index (Phi) is 4.97. The predicted octanol–water partition coefficient (Wildman–Crippen LogP) is 2.82. The monoisotopic (exact) mass is 400 g/mol. The van der Waals surface area contributed by atoms with E-state index in [4.69, 9.17) is 4.74 Å². The van der Waals surface area contributed by atoms with Gasteiger partial charge in [0.25, 0.3) is 11.4 Å². The van der Waals surface area contributed by atoms with Crippen LogP contribution in [0.5, 0.6) is 0 Å². The molecule has 10 heteroatoms. The molecule has 24 heavy (non-hydrogen) atoms. The molecule has 0 heterocycles. The first-order valence-corrected chi connectivity index (χ1v) is 7.88. The lowest BCUT2D eigenvalue weighted by Gasteiger charge is -2.25. The number of nitro groups is 2. The SMILES string of the molecule is CCOC(=O)[C@]1(c2cc(Br)c([N+](=O)[O-])cc2[N+](=O)[O-])CCCC1=O. The average Bonchev–Trinajstić information content (AvgIpc) is 2.89. The summed E-state index contributed by atoms with van der Waals surface area (Å²) in [6, 6.07) is 1.86. The molecule has 0 aliphatic heterocycles. The molecule has 1 aliphatic carbocycles. The van der Waals surface area contributed by atoms with E-state index in [2.05, 4.69) is 15.9 Å². The molecule has 0 saturated heterocycles. The zero-order chi connectivity index (χ0) is 18.1. The van der Waals surface area contributed by atoms with Gasteiger partial charge in [-0.3, -0.25) is 29.8 Å². The van der Waals surface area contributed by atoms with Crippen molar-refractivity contribution in [2.45, 2.75) is 31.6 Å². The van der Waals surface area contributed by atoms with Crippen LogP contribution in [0.15, 0.2) is 16.6 Å². The topological polar surface area (TPSA) is 130 Å². The summed E-state index contributed by atoms with van der Waals surface area (Å²) in [7, 11) is 0. The number of Topliss-reactive ketones (excluding diaryl/α,β-unsaturated/α-hetero) is 1. The number of hydrogen-bond acceptors (Lipinski definition) is 7. The molecule has 0 unspecified atom stereocenters. The quantitative estimate of drug-likeness (QED) is 0.321. The predicted molar refractivity (Wildman–Crippen MR) is 84.6 cm³/mol. The van der Waals surface area contributed by atoms with Crippen molar-refractivity contribution < 1.29 is 24.2 Å². The Balaban J connectivity index is 2.77. The summed E-state index contributed by atoms with van der Waals surface area (Å²) in [6.45, 7) is 1.57. The second-order valence-corrected chi connectivity index (χ2v) is 6.09. The summed E-state index contributed by atoms with van der Waals surface area (Å²) in [4.78, 5) is 45.7. The summed E-state index contributed by atoms with van der Waals surface area (Å²) in [5.74, 6) is -1.35. The van der Waals surface area contributed by atoms with Crippen LogP contribution in [-0.2, 0) is 19.7 Å².